The van der Waals surface area contributed by atoms with Crippen LogP contribution in [0.4, 0.5) is 5.82 Å². The molecule has 0 unspecified atom stereocenters. The molecule has 1 aliphatic rings. The minimum atomic E-state index is 0.237. The number of piperidine rings is 1. The number of aromatic nitrogens is 3. The first-order chi connectivity index (χ1) is 12.6. The van der Waals surface area contributed by atoms with Crippen LogP contribution in [-0.2, 0) is 11.3 Å². The van der Waals surface area contributed by atoms with E-state index in [2.05, 4.69) is 45.8 Å². The second-order valence-corrected chi connectivity index (χ2v) is 7.29. The minimum Gasteiger partial charge on any atom is -0.373 e. The summed E-state index contributed by atoms with van der Waals surface area (Å²) in [7, 11) is 1.88. The first kappa shape index (κ1) is 18.4. The molecule has 3 rings (SSSR count). The van der Waals surface area contributed by atoms with Crippen molar-refractivity contribution in [1.82, 2.24) is 19.4 Å². The Kier molecular flexibility index (Phi) is 5.91. The van der Waals surface area contributed by atoms with E-state index in [1.165, 1.54) is 5.56 Å². The van der Waals surface area contributed by atoms with Crippen LogP contribution in [0.2, 0.25) is 0 Å². The Morgan fingerprint density at radius 2 is 2.19 bits per heavy atom. The maximum absolute atomic E-state index is 12.7. The molecule has 0 bridgehead atoms. The molecule has 6 nitrogen and oxygen atoms in total. The molecule has 3 heterocycles. The van der Waals surface area contributed by atoms with Crippen molar-refractivity contribution in [3.8, 4) is 0 Å². The van der Waals surface area contributed by atoms with Gasteiger partial charge in [0.2, 0.25) is 5.91 Å². The molecule has 1 aliphatic heterocycles. The zero-order valence-corrected chi connectivity index (χ0v) is 16.0. The number of hydrogen-bond acceptors (Lipinski definition) is 4. The number of nitrogens with one attached hydrogen (secondary N) is 1. The van der Waals surface area contributed by atoms with Gasteiger partial charge in [0.05, 0.1) is 0 Å². The van der Waals surface area contributed by atoms with Gasteiger partial charge >= 0.3 is 0 Å². The van der Waals surface area contributed by atoms with E-state index in [0.29, 0.717) is 24.8 Å². The maximum atomic E-state index is 12.7. The standard InChI is InChI=1S/C20H29N5O/c1-15(2)20-23-9-12-24(20)11-7-19(26)25-10-4-5-17(14-25)16-6-8-22-18(13-16)21-3/h6,8-9,12-13,15,17H,4-5,7,10-11,14H2,1-3H3,(H,21,22)/t17-/m1/s1. The van der Waals surface area contributed by atoms with Gasteiger partial charge in [0.25, 0.3) is 0 Å². The van der Waals surface area contributed by atoms with E-state index in [1.54, 1.807) is 0 Å². The topological polar surface area (TPSA) is 63.1 Å². The molecule has 0 aliphatic carbocycles. The molecule has 1 N–H and O–H groups in total. The lowest BCUT2D eigenvalue weighted by Gasteiger charge is -2.33. The fourth-order valence-corrected chi connectivity index (χ4v) is 3.70. The molecule has 1 amide bonds. The number of hydrogen-bond donors (Lipinski definition) is 1. The zero-order chi connectivity index (χ0) is 18.5. The SMILES string of the molecule is CNc1cc([C@@H]2CCCN(C(=O)CCn3ccnc3C(C)C)C2)ccn1. The van der Waals surface area contributed by atoms with E-state index in [0.717, 1.165) is 37.6 Å². The molecule has 26 heavy (non-hydrogen) atoms. The summed E-state index contributed by atoms with van der Waals surface area (Å²) in [5.74, 6) is 2.92. The predicted octanol–water partition coefficient (Wildman–Crippen LogP) is 3.24. The number of amides is 1. The van der Waals surface area contributed by atoms with Crippen molar-refractivity contribution in [1.29, 1.82) is 0 Å². The summed E-state index contributed by atoms with van der Waals surface area (Å²) in [6, 6.07) is 4.17. The molecular weight excluding hydrogens is 326 g/mol. The van der Waals surface area contributed by atoms with Crippen molar-refractivity contribution >= 4 is 11.7 Å². The van der Waals surface area contributed by atoms with E-state index in [1.807, 2.05) is 30.5 Å². The van der Waals surface area contributed by atoms with E-state index >= 15 is 0 Å². The molecule has 1 fully saturated rings. The summed E-state index contributed by atoms with van der Waals surface area (Å²) in [4.78, 5) is 23.5. The first-order valence-corrected chi connectivity index (χ1v) is 9.51. The van der Waals surface area contributed by atoms with Gasteiger partial charge < -0.3 is 14.8 Å². The van der Waals surface area contributed by atoms with Gasteiger partial charge in [-0.1, -0.05) is 13.8 Å². The lowest BCUT2D eigenvalue weighted by Crippen LogP contribution is -2.39. The number of anilines is 1. The highest BCUT2D eigenvalue weighted by molar-refractivity contribution is 5.76. The summed E-state index contributed by atoms with van der Waals surface area (Å²) in [6.45, 7) is 6.62. The maximum Gasteiger partial charge on any atom is 0.224 e. The first-order valence-electron chi connectivity index (χ1n) is 9.51. The third-order valence-corrected chi connectivity index (χ3v) is 5.12. The highest BCUT2D eigenvalue weighted by Gasteiger charge is 2.25. The summed E-state index contributed by atoms with van der Waals surface area (Å²) in [5.41, 5.74) is 1.26. The number of imidazole rings is 1. The van der Waals surface area contributed by atoms with Crippen molar-refractivity contribution < 1.29 is 4.79 Å². The summed E-state index contributed by atoms with van der Waals surface area (Å²) < 4.78 is 2.10. The van der Waals surface area contributed by atoms with Gasteiger partial charge in [0, 0.05) is 63.5 Å². The minimum absolute atomic E-state index is 0.237. The predicted molar refractivity (Wildman–Crippen MR) is 103 cm³/mol. The molecule has 0 radical (unpaired) electrons. The second-order valence-electron chi connectivity index (χ2n) is 7.29. The molecule has 6 heteroatoms. The van der Waals surface area contributed by atoms with Crippen LogP contribution in [0, 0.1) is 0 Å². The van der Waals surface area contributed by atoms with Gasteiger partial charge in [-0.25, -0.2) is 9.97 Å². The summed E-state index contributed by atoms with van der Waals surface area (Å²) >= 11 is 0. The molecule has 140 valence electrons. The van der Waals surface area contributed by atoms with Gasteiger partial charge in [-0.3, -0.25) is 4.79 Å². The van der Waals surface area contributed by atoms with Crippen LogP contribution in [0.1, 0.15) is 56.3 Å². The number of rotatable bonds is 6. The van der Waals surface area contributed by atoms with Crippen LogP contribution < -0.4 is 5.32 Å². The van der Waals surface area contributed by atoms with Crippen molar-refractivity contribution in [3.63, 3.8) is 0 Å². The highest BCUT2D eigenvalue weighted by Crippen LogP contribution is 2.28. The smallest absolute Gasteiger partial charge is 0.224 e. The number of aryl methyl sites for hydroxylation is 1. The van der Waals surface area contributed by atoms with E-state index in [-0.39, 0.29) is 5.91 Å². The van der Waals surface area contributed by atoms with Crippen LogP contribution in [0.3, 0.4) is 0 Å². The summed E-state index contributed by atoms with van der Waals surface area (Å²) in [6.07, 6.45) is 8.33. The third kappa shape index (κ3) is 4.23. The molecule has 1 saturated heterocycles. The monoisotopic (exact) mass is 355 g/mol. The van der Waals surface area contributed by atoms with E-state index in [4.69, 9.17) is 0 Å². The number of carbonyl (C=O) groups excluding carboxylic acids is 1. The molecule has 2 aromatic heterocycles. The fourth-order valence-electron chi connectivity index (χ4n) is 3.70. The quantitative estimate of drug-likeness (QED) is 0.864. The normalized spacial score (nSPS) is 17.5. The Morgan fingerprint density at radius 1 is 1.35 bits per heavy atom. The van der Waals surface area contributed by atoms with Crippen LogP contribution in [0.5, 0.6) is 0 Å². The average molecular weight is 355 g/mol. The van der Waals surface area contributed by atoms with Crippen LogP contribution in [-0.4, -0.2) is 45.5 Å². The van der Waals surface area contributed by atoms with Crippen molar-refractivity contribution in [3.05, 3.63) is 42.1 Å². The molecule has 2 aromatic rings. The lowest BCUT2D eigenvalue weighted by molar-refractivity contribution is -0.132. The van der Waals surface area contributed by atoms with Crippen molar-refractivity contribution in [2.45, 2.75) is 51.5 Å². The molecule has 1 atom stereocenters. The molecular formula is C20H29N5O. The third-order valence-electron chi connectivity index (χ3n) is 5.12. The number of carbonyl (C=O) groups is 1. The number of likely N-dealkylation sites (tertiary alicyclic amines) is 1. The average Bonchev–Trinajstić information content (AvgIpc) is 3.15. The van der Waals surface area contributed by atoms with Crippen LogP contribution in [0.15, 0.2) is 30.7 Å². The van der Waals surface area contributed by atoms with E-state index in [9.17, 15) is 4.79 Å². The largest absolute Gasteiger partial charge is 0.373 e. The molecule has 0 spiro atoms. The van der Waals surface area contributed by atoms with Gasteiger partial charge in [-0.15, -0.1) is 0 Å². The fraction of sp³-hybridized carbons (Fsp3) is 0.550. The van der Waals surface area contributed by atoms with E-state index < -0.39 is 0 Å². The molecule has 0 aromatic carbocycles. The Balaban J connectivity index is 1.60. The Hall–Kier alpha value is -2.37. The highest BCUT2D eigenvalue weighted by atomic mass is 16.2. The van der Waals surface area contributed by atoms with Crippen LogP contribution >= 0.6 is 0 Å². The van der Waals surface area contributed by atoms with Gasteiger partial charge in [0.1, 0.15) is 11.6 Å². The van der Waals surface area contributed by atoms with Gasteiger partial charge in [-0.05, 0) is 30.5 Å². The van der Waals surface area contributed by atoms with Gasteiger partial charge in [0.15, 0.2) is 0 Å². The number of pyridine rings is 1. The van der Waals surface area contributed by atoms with Crippen LogP contribution in [0.25, 0.3) is 0 Å². The summed E-state index contributed by atoms with van der Waals surface area (Å²) in [5, 5.41) is 3.09. The van der Waals surface area contributed by atoms with Crippen molar-refractivity contribution in [2.24, 2.45) is 0 Å². The zero-order valence-electron chi connectivity index (χ0n) is 16.0. The second kappa shape index (κ2) is 8.34. The molecule has 0 saturated carbocycles. The van der Waals surface area contributed by atoms with Crippen molar-refractivity contribution in [2.75, 3.05) is 25.5 Å². The Bertz CT molecular complexity index is 739. The Labute approximate surface area is 155 Å². The Morgan fingerprint density at radius 3 is 2.96 bits per heavy atom. The lowest BCUT2D eigenvalue weighted by atomic mass is 9.91. The van der Waals surface area contributed by atoms with Gasteiger partial charge in [-0.2, -0.15) is 0 Å². The number of nitrogens with zero attached hydrogens (tertiary/aromatic N) is 4.